The van der Waals surface area contributed by atoms with Gasteiger partial charge in [0.05, 0.1) is 21.4 Å². The number of amides is 1. The summed E-state index contributed by atoms with van der Waals surface area (Å²) in [5, 5.41) is 3.87. The molecule has 0 atom stereocenters. The quantitative estimate of drug-likeness (QED) is 0.683. The lowest BCUT2D eigenvalue weighted by Gasteiger charge is -2.06. The smallest absolute Gasteiger partial charge is 0.275 e. The number of nitrogens with one attached hydrogen (secondary N) is 1. The standard InChI is InChI=1S/C16H11BrCl2N2O/c1-7-3-4-10(18)13-14(7)21-16(22)15(13)20-12-6-11(19)9(17)5-8(12)2/h3-6H,1-2H3,(H,20,21,22). The predicted molar refractivity (Wildman–Crippen MR) is 94.9 cm³/mol. The molecule has 1 aliphatic rings. The summed E-state index contributed by atoms with van der Waals surface area (Å²) in [4.78, 5) is 16.8. The summed E-state index contributed by atoms with van der Waals surface area (Å²) in [5.74, 6) is -0.260. The lowest BCUT2D eigenvalue weighted by molar-refractivity contribution is -0.110. The van der Waals surface area contributed by atoms with E-state index in [1.54, 1.807) is 12.1 Å². The van der Waals surface area contributed by atoms with E-state index in [1.165, 1.54) is 0 Å². The molecule has 0 aliphatic carbocycles. The van der Waals surface area contributed by atoms with Crippen LogP contribution in [-0.4, -0.2) is 11.6 Å². The highest BCUT2D eigenvalue weighted by Gasteiger charge is 2.30. The van der Waals surface area contributed by atoms with Gasteiger partial charge in [-0.15, -0.1) is 0 Å². The van der Waals surface area contributed by atoms with E-state index in [4.69, 9.17) is 23.2 Å². The first-order chi connectivity index (χ1) is 10.4. The van der Waals surface area contributed by atoms with Gasteiger partial charge in [-0.05, 0) is 59.1 Å². The molecule has 0 spiro atoms. The van der Waals surface area contributed by atoms with Gasteiger partial charge in [0, 0.05) is 10.0 Å². The molecule has 0 saturated heterocycles. The number of carbonyl (C=O) groups excluding carboxylic acids is 1. The highest BCUT2D eigenvalue weighted by atomic mass is 79.9. The molecule has 0 bridgehead atoms. The number of aliphatic imine (C=N–C) groups is 1. The van der Waals surface area contributed by atoms with Gasteiger partial charge in [-0.25, -0.2) is 4.99 Å². The van der Waals surface area contributed by atoms with Gasteiger partial charge < -0.3 is 5.32 Å². The minimum absolute atomic E-state index is 0.260. The Kier molecular flexibility index (Phi) is 4.02. The fourth-order valence-corrected chi connectivity index (χ4v) is 3.21. The normalized spacial score (nSPS) is 15.1. The molecule has 22 heavy (non-hydrogen) atoms. The number of anilines is 1. The molecule has 6 heteroatoms. The number of hydrogen-bond acceptors (Lipinski definition) is 2. The van der Waals surface area contributed by atoms with Crippen LogP contribution in [0.15, 0.2) is 33.7 Å². The number of aryl methyl sites for hydroxylation is 2. The minimum atomic E-state index is -0.260. The van der Waals surface area contributed by atoms with Gasteiger partial charge >= 0.3 is 0 Å². The van der Waals surface area contributed by atoms with E-state index in [1.807, 2.05) is 26.0 Å². The summed E-state index contributed by atoms with van der Waals surface area (Å²) in [7, 11) is 0. The van der Waals surface area contributed by atoms with Crippen molar-refractivity contribution in [2.45, 2.75) is 13.8 Å². The Balaban J connectivity index is 2.21. The molecular formula is C16H11BrCl2N2O. The van der Waals surface area contributed by atoms with Crippen LogP contribution in [0.2, 0.25) is 10.0 Å². The van der Waals surface area contributed by atoms with E-state index in [0.717, 1.165) is 21.3 Å². The lowest BCUT2D eigenvalue weighted by Crippen LogP contribution is -2.14. The van der Waals surface area contributed by atoms with E-state index in [9.17, 15) is 4.79 Å². The Morgan fingerprint density at radius 3 is 2.55 bits per heavy atom. The molecule has 1 N–H and O–H groups in total. The van der Waals surface area contributed by atoms with Crippen LogP contribution in [0.3, 0.4) is 0 Å². The van der Waals surface area contributed by atoms with Crippen molar-refractivity contribution in [2.75, 3.05) is 5.32 Å². The van der Waals surface area contributed by atoms with Gasteiger partial charge in [0.1, 0.15) is 5.71 Å². The second-order valence-electron chi connectivity index (χ2n) is 5.08. The van der Waals surface area contributed by atoms with Gasteiger partial charge in [-0.1, -0.05) is 29.3 Å². The molecule has 2 aromatic rings. The fraction of sp³-hybridized carbons (Fsp3) is 0.125. The molecule has 0 fully saturated rings. The van der Waals surface area contributed by atoms with Crippen molar-refractivity contribution in [2.24, 2.45) is 4.99 Å². The molecule has 0 saturated carbocycles. The van der Waals surface area contributed by atoms with Crippen molar-refractivity contribution in [1.82, 2.24) is 0 Å². The predicted octanol–water partition coefficient (Wildman–Crippen LogP) is 5.45. The molecule has 1 amide bonds. The average Bonchev–Trinajstić information content (AvgIpc) is 2.79. The maximum atomic E-state index is 12.3. The first-order valence-corrected chi connectivity index (χ1v) is 8.08. The highest BCUT2D eigenvalue weighted by Crippen LogP contribution is 2.36. The maximum absolute atomic E-state index is 12.3. The number of benzene rings is 2. The fourth-order valence-electron chi connectivity index (χ4n) is 2.34. The van der Waals surface area contributed by atoms with E-state index < -0.39 is 0 Å². The van der Waals surface area contributed by atoms with Gasteiger partial charge in [0.15, 0.2) is 0 Å². The second kappa shape index (κ2) is 5.69. The van der Waals surface area contributed by atoms with Gasteiger partial charge in [0.25, 0.3) is 5.91 Å². The van der Waals surface area contributed by atoms with Crippen LogP contribution in [0.5, 0.6) is 0 Å². The highest BCUT2D eigenvalue weighted by molar-refractivity contribution is 9.10. The third-order valence-corrected chi connectivity index (χ3v) is 5.04. The molecule has 0 unspecified atom stereocenters. The van der Waals surface area contributed by atoms with Gasteiger partial charge in [-0.3, -0.25) is 4.79 Å². The molecule has 0 aromatic heterocycles. The zero-order valence-electron chi connectivity index (χ0n) is 11.8. The zero-order valence-corrected chi connectivity index (χ0v) is 14.9. The van der Waals surface area contributed by atoms with Gasteiger partial charge in [-0.2, -0.15) is 0 Å². The van der Waals surface area contributed by atoms with Crippen molar-refractivity contribution in [3.8, 4) is 0 Å². The Labute approximate surface area is 146 Å². The van der Waals surface area contributed by atoms with Crippen LogP contribution >= 0.6 is 39.1 Å². The molecule has 3 nitrogen and oxygen atoms in total. The lowest BCUT2D eigenvalue weighted by atomic mass is 10.1. The molecule has 0 radical (unpaired) electrons. The number of carbonyl (C=O) groups is 1. The van der Waals surface area contributed by atoms with Crippen molar-refractivity contribution < 1.29 is 4.79 Å². The number of nitrogens with zero attached hydrogens (tertiary/aromatic N) is 1. The maximum Gasteiger partial charge on any atom is 0.275 e. The first kappa shape index (κ1) is 15.5. The number of fused-ring (bicyclic) bond motifs is 1. The van der Waals surface area contributed by atoms with Crippen LogP contribution in [0.25, 0.3) is 0 Å². The molecule has 1 aliphatic heterocycles. The van der Waals surface area contributed by atoms with Gasteiger partial charge in [0.2, 0.25) is 0 Å². The van der Waals surface area contributed by atoms with Crippen LogP contribution in [0, 0.1) is 13.8 Å². The summed E-state index contributed by atoms with van der Waals surface area (Å²) < 4.78 is 0.792. The third-order valence-electron chi connectivity index (χ3n) is 3.52. The number of hydrogen-bond donors (Lipinski definition) is 1. The minimum Gasteiger partial charge on any atom is -0.320 e. The zero-order chi connectivity index (χ0) is 16.0. The molecule has 2 aromatic carbocycles. The first-order valence-electron chi connectivity index (χ1n) is 6.53. The number of halogens is 3. The SMILES string of the molecule is Cc1cc(Br)c(Cl)cc1N=C1C(=O)Nc2c(C)ccc(Cl)c21. The Morgan fingerprint density at radius 2 is 1.82 bits per heavy atom. The third kappa shape index (κ3) is 2.56. The number of rotatable bonds is 1. The van der Waals surface area contributed by atoms with E-state index >= 15 is 0 Å². The van der Waals surface area contributed by atoms with Crippen LogP contribution < -0.4 is 5.32 Å². The van der Waals surface area contributed by atoms with E-state index in [-0.39, 0.29) is 5.91 Å². The summed E-state index contributed by atoms with van der Waals surface area (Å²) in [6.45, 7) is 3.83. The molecule has 1 heterocycles. The second-order valence-corrected chi connectivity index (χ2v) is 6.75. The monoisotopic (exact) mass is 396 g/mol. The molecule has 3 rings (SSSR count). The van der Waals surface area contributed by atoms with E-state index in [2.05, 4.69) is 26.2 Å². The van der Waals surface area contributed by atoms with Crippen LogP contribution in [-0.2, 0) is 4.79 Å². The van der Waals surface area contributed by atoms with Crippen molar-refractivity contribution in [3.63, 3.8) is 0 Å². The summed E-state index contributed by atoms with van der Waals surface area (Å²) in [6.07, 6.45) is 0. The van der Waals surface area contributed by atoms with Crippen LogP contribution in [0.1, 0.15) is 16.7 Å². The van der Waals surface area contributed by atoms with Crippen molar-refractivity contribution in [3.05, 3.63) is 55.5 Å². The van der Waals surface area contributed by atoms with Crippen molar-refractivity contribution in [1.29, 1.82) is 0 Å². The molecule has 112 valence electrons. The molecular weight excluding hydrogens is 387 g/mol. The van der Waals surface area contributed by atoms with Crippen molar-refractivity contribution >= 4 is 62.1 Å². The largest absolute Gasteiger partial charge is 0.320 e. The summed E-state index contributed by atoms with van der Waals surface area (Å²) >= 11 is 15.8. The van der Waals surface area contributed by atoms with E-state index in [0.29, 0.717) is 27.0 Å². The summed E-state index contributed by atoms with van der Waals surface area (Å²) in [6, 6.07) is 7.23. The summed E-state index contributed by atoms with van der Waals surface area (Å²) in [5.41, 5.74) is 4.17. The Hall–Kier alpha value is -1.36. The average molecular weight is 398 g/mol. The van der Waals surface area contributed by atoms with Crippen LogP contribution in [0.4, 0.5) is 11.4 Å². The Bertz CT molecular complexity index is 847. The topological polar surface area (TPSA) is 41.5 Å². The Morgan fingerprint density at radius 1 is 1.09 bits per heavy atom.